The first-order chi connectivity index (χ1) is 10.5. The number of ether oxygens (including phenoxy) is 1. The molecule has 5 heteroatoms. The summed E-state index contributed by atoms with van der Waals surface area (Å²) in [5, 5.41) is 2.89. The van der Waals surface area contributed by atoms with Gasteiger partial charge in [0.1, 0.15) is 0 Å². The Morgan fingerprint density at radius 2 is 1.77 bits per heavy atom. The van der Waals surface area contributed by atoms with Crippen LogP contribution >= 0.6 is 0 Å². The molecular weight excluding hydrogens is 280 g/mol. The Hall–Kier alpha value is -1.88. The zero-order chi connectivity index (χ0) is 16.1. The SMILES string of the molecule is COC(=O)c1ccc(NC(=O)C[NH+]2C[C@H](C)C[C@@H](C)C2)cc1. The van der Waals surface area contributed by atoms with Crippen molar-refractivity contribution < 1.29 is 19.2 Å². The van der Waals surface area contributed by atoms with Gasteiger partial charge >= 0.3 is 5.97 Å². The van der Waals surface area contributed by atoms with Crippen molar-refractivity contribution in [1.29, 1.82) is 0 Å². The molecule has 0 bridgehead atoms. The number of amides is 1. The first kappa shape index (κ1) is 16.5. The van der Waals surface area contributed by atoms with Gasteiger partial charge in [-0.3, -0.25) is 4.79 Å². The summed E-state index contributed by atoms with van der Waals surface area (Å²) in [5.74, 6) is 0.984. The van der Waals surface area contributed by atoms with E-state index in [-0.39, 0.29) is 11.9 Å². The van der Waals surface area contributed by atoms with Gasteiger partial charge in [0.15, 0.2) is 6.54 Å². The van der Waals surface area contributed by atoms with Crippen LogP contribution in [-0.2, 0) is 9.53 Å². The van der Waals surface area contributed by atoms with E-state index < -0.39 is 0 Å². The molecule has 2 atom stereocenters. The van der Waals surface area contributed by atoms with Crippen molar-refractivity contribution in [3.05, 3.63) is 29.8 Å². The van der Waals surface area contributed by atoms with Gasteiger partial charge in [-0.1, -0.05) is 13.8 Å². The highest BCUT2D eigenvalue weighted by Crippen LogP contribution is 2.12. The van der Waals surface area contributed by atoms with E-state index in [9.17, 15) is 9.59 Å². The summed E-state index contributed by atoms with van der Waals surface area (Å²) >= 11 is 0. The van der Waals surface area contributed by atoms with Crippen LogP contribution in [-0.4, -0.2) is 38.6 Å². The standard InChI is InChI=1S/C17H24N2O3/c1-12-8-13(2)10-19(9-12)11-16(20)18-15-6-4-14(5-7-15)17(21)22-3/h4-7,12-13H,8-11H2,1-3H3,(H,18,20)/p+1/t12-,13-/m1/s1. The molecular formula is C17H25N2O3+. The van der Waals surface area contributed by atoms with E-state index in [1.54, 1.807) is 24.3 Å². The second kappa shape index (κ2) is 7.40. The lowest BCUT2D eigenvalue weighted by Gasteiger charge is -2.31. The summed E-state index contributed by atoms with van der Waals surface area (Å²) in [6.07, 6.45) is 1.25. The van der Waals surface area contributed by atoms with E-state index in [4.69, 9.17) is 0 Å². The molecule has 0 spiro atoms. The van der Waals surface area contributed by atoms with E-state index in [0.717, 1.165) is 13.1 Å². The molecule has 120 valence electrons. The average Bonchev–Trinajstić information content (AvgIpc) is 2.46. The van der Waals surface area contributed by atoms with Gasteiger partial charge in [-0.15, -0.1) is 0 Å². The first-order valence-corrected chi connectivity index (χ1v) is 7.79. The first-order valence-electron chi connectivity index (χ1n) is 7.79. The lowest BCUT2D eigenvalue weighted by Crippen LogP contribution is -3.15. The maximum absolute atomic E-state index is 12.1. The Morgan fingerprint density at radius 3 is 2.32 bits per heavy atom. The Kier molecular flexibility index (Phi) is 5.55. The molecule has 2 rings (SSSR count). The second-order valence-electron chi connectivity index (χ2n) is 6.40. The predicted octanol–water partition coefficient (Wildman–Crippen LogP) is 0.972. The van der Waals surface area contributed by atoms with E-state index in [2.05, 4.69) is 23.9 Å². The maximum atomic E-state index is 12.1. The highest BCUT2D eigenvalue weighted by molar-refractivity contribution is 5.93. The van der Waals surface area contributed by atoms with Crippen molar-refractivity contribution in [3.63, 3.8) is 0 Å². The molecule has 1 saturated heterocycles. The Bertz CT molecular complexity index is 517. The lowest BCUT2D eigenvalue weighted by molar-refractivity contribution is -0.904. The third-order valence-electron chi connectivity index (χ3n) is 4.08. The van der Waals surface area contributed by atoms with Crippen LogP contribution < -0.4 is 10.2 Å². The van der Waals surface area contributed by atoms with Crippen LogP contribution in [0, 0.1) is 11.8 Å². The number of carbonyl (C=O) groups is 2. The lowest BCUT2D eigenvalue weighted by atomic mass is 9.92. The van der Waals surface area contributed by atoms with Gasteiger partial charge in [0, 0.05) is 17.5 Å². The number of carbonyl (C=O) groups excluding carboxylic acids is 2. The maximum Gasteiger partial charge on any atom is 0.337 e. The number of rotatable bonds is 4. The smallest absolute Gasteiger partial charge is 0.337 e. The highest BCUT2D eigenvalue weighted by atomic mass is 16.5. The largest absolute Gasteiger partial charge is 0.465 e. The second-order valence-corrected chi connectivity index (χ2v) is 6.40. The quantitative estimate of drug-likeness (QED) is 0.815. The van der Waals surface area contributed by atoms with Crippen LogP contribution in [0.4, 0.5) is 5.69 Å². The van der Waals surface area contributed by atoms with Crippen molar-refractivity contribution in [2.45, 2.75) is 20.3 Å². The van der Waals surface area contributed by atoms with Gasteiger partial charge in [-0.05, 0) is 30.7 Å². The minimum absolute atomic E-state index is 0.0159. The highest BCUT2D eigenvalue weighted by Gasteiger charge is 2.26. The number of likely N-dealkylation sites (tertiary alicyclic amines) is 1. The van der Waals surface area contributed by atoms with Crippen LogP contribution in [0.25, 0.3) is 0 Å². The minimum atomic E-state index is -0.376. The van der Waals surface area contributed by atoms with Crippen LogP contribution in [0.3, 0.4) is 0 Å². The Balaban J connectivity index is 1.87. The van der Waals surface area contributed by atoms with Gasteiger partial charge in [0.25, 0.3) is 5.91 Å². The fourth-order valence-electron chi connectivity index (χ4n) is 3.31. The molecule has 0 aromatic heterocycles. The number of esters is 1. The fourth-order valence-corrected chi connectivity index (χ4v) is 3.31. The summed E-state index contributed by atoms with van der Waals surface area (Å²) in [5.41, 5.74) is 1.18. The zero-order valence-electron chi connectivity index (χ0n) is 13.5. The van der Waals surface area contributed by atoms with Crippen LogP contribution in [0.1, 0.15) is 30.6 Å². The number of benzene rings is 1. The minimum Gasteiger partial charge on any atom is -0.465 e. The monoisotopic (exact) mass is 305 g/mol. The van der Waals surface area contributed by atoms with Crippen LogP contribution in [0.2, 0.25) is 0 Å². The summed E-state index contributed by atoms with van der Waals surface area (Å²) in [6.45, 7) is 7.10. The zero-order valence-corrected chi connectivity index (χ0v) is 13.5. The number of methoxy groups -OCH3 is 1. The molecule has 1 aliphatic rings. The number of nitrogens with one attached hydrogen (secondary N) is 2. The topological polar surface area (TPSA) is 59.8 Å². The van der Waals surface area contributed by atoms with Gasteiger partial charge < -0.3 is 15.0 Å². The molecule has 0 unspecified atom stereocenters. The molecule has 1 aromatic carbocycles. The van der Waals surface area contributed by atoms with Gasteiger partial charge in [-0.25, -0.2) is 4.79 Å². The fraction of sp³-hybridized carbons (Fsp3) is 0.529. The predicted molar refractivity (Wildman–Crippen MR) is 84.9 cm³/mol. The van der Waals surface area contributed by atoms with E-state index in [1.807, 2.05) is 0 Å². The average molecular weight is 305 g/mol. The third-order valence-corrected chi connectivity index (χ3v) is 4.08. The molecule has 22 heavy (non-hydrogen) atoms. The van der Waals surface area contributed by atoms with Crippen molar-refractivity contribution >= 4 is 17.6 Å². The Morgan fingerprint density at radius 1 is 1.18 bits per heavy atom. The van der Waals surface area contributed by atoms with E-state index >= 15 is 0 Å². The number of quaternary nitrogens is 1. The number of hydrogen-bond donors (Lipinski definition) is 2. The molecule has 1 aromatic rings. The van der Waals surface area contributed by atoms with Crippen molar-refractivity contribution in [2.75, 3.05) is 32.1 Å². The third kappa shape index (κ3) is 4.56. The summed E-state index contributed by atoms with van der Waals surface area (Å²) in [6, 6.07) is 6.75. The Labute approximate surface area is 131 Å². The number of piperidine rings is 1. The molecule has 2 N–H and O–H groups in total. The summed E-state index contributed by atoms with van der Waals surface area (Å²) in [4.78, 5) is 24.8. The molecule has 1 amide bonds. The van der Waals surface area contributed by atoms with Crippen molar-refractivity contribution in [2.24, 2.45) is 11.8 Å². The molecule has 0 aliphatic carbocycles. The summed E-state index contributed by atoms with van der Waals surface area (Å²) < 4.78 is 4.65. The van der Waals surface area contributed by atoms with Gasteiger partial charge in [0.05, 0.1) is 25.8 Å². The molecule has 0 radical (unpaired) electrons. The van der Waals surface area contributed by atoms with E-state index in [1.165, 1.54) is 18.4 Å². The van der Waals surface area contributed by atoms with Crippen molar-refractivity contribution in [1.82, 2.24) is 0 Å². The number of hydrogen-bond acceptors (Lipinski definition) is 3. The van der Waals surface area contributed by atoms with Crippen molar-refractivity contribution in [3.8, 4) is 0 Å². The molecule has 1 heterocycles. The van der Waals surface area contributed by atoms with Crippen LogP contribution in [0.5, 0.6) is 0 Å². The van der Waals surface area contributed by atoms with E-state index in [0.29, 0.717) is 29.6 Å². The van der Waals surface area contributed by atoms with Gasteiger partial charge in [0.2, 0.25) is 0 Å². The summed E-state index contributed by atoms with van der Waals surface area (Å²) in [7, 11) is 1.35. The van der Waals surface area contributed by atoms with Gasteiger partial charge in [-0.2, -0.15) is 0 Å². The van der Waals surface area contributed by atoms with Crippen LogP contribution in [0.15, 0.2) is 24.3 Å². The molecule has 5 nitrogen and oxygen atoms in total. The molecule has 0 saturated carbocycles. The molecule has 1 fully saturated rings. The normalized spacial score (nSPS) is 24.6. The number of anilines is 1. The molecule has 1 aliphatic heterocycles.